The average molecular weight is 159 g/mol. The number of rotatable bonds is 2. The van der Waals surface area contributed by atoms with Crippen molar-refractivity contribution in [2.45, 2.75) is 33.5 Å². The number of hydrogen-bond acceptors (Lipinski definition) is 1. The van der Waals surface area contributed by atoms with Crippen LogP contribution < -0.4 is 0 Å². The van der Waals surface area contributed by atoms with Gasteiger partial charge in [0.1, 0.15) is 0 Å². The second kappa shape index (κ2) is 3.19. The quantitative estimate of drug-likeness (QED) is 0.561. The van der Waals surface area contributed by atoms with Crippen LogP contribution in [0.25, 0.3) is 0 Å². The topological polar surface area (TPSA) is 20.3 Å². The Morgan fingerprint density at radius 1 is 1.40 bits per heavy atom. The van der Waals surface area contributed by atoms with Gasteiger partial charge in [-0.2, -0.15) is 0 Å². The summed E-state index contributed by atoms with van der Waals surface area (Å²) in [5.74, 6) is 0.210. The predicted octanol–water partition coefficient (Wildman–Crippen LogP) is 1.69. The Bertz CT molecular complexity index is 128. The molecule has 0 N–H and O–H groups in total. The minimum Gasteiger partial charge on any atom is -0.370 e. The molecule has 0 fully saturated rings. The maximum atomic E-state index is 11.0. The van der Waals surface area contributed by atoms with Gasteiger partial charge >= 0.3 is 0 Å². The van der Waals surface area contributed by atoms with Gasteiger partial charge in [0.2, 0.25) is 5.91 Å². The van der Waals surface area contributed by atoms with Crippen LogP contribution in [0.3, 0.4) is 0 Å². The van der Waals surface area contributed by atoms with E-state index in [1.165, 1.54) is 0 Å². The van der Waals surface area contributed by atoms with Crippen LogP contribution in [0.5, 0.6) is 0 Å². The molecule has 0 bridgehead atoms. The highest BCUT2D eigenvalue weighted by Crippen LogP contribution is 2.08. The van der Waals surface area contributed by atoms with Gasteiger partial charge in [-0.05, 0) is 6.92 Å². The molecule has 2 nitrogen and oxygen atoms in total. The fourth-order valence-corrected chi connectivity index (χ4v) is 3.06. The van der Waals surface area contributed by atoms with Crippen molar-refractivity contribution in [3.05, 3.63) is 0 Å². The first kappa shape index (κ1) is 9.69. The maximum absolute atomic E-state index is 11.0. The zero-order chi connectivity index (χ0) is 8.36. The molecule has 0 atom stereocenters. The van der Waals surface area contributed by atoms with Crippen LogP contribution >= 0.6 is 0 Å². The molecule has 0 aromatic carbocycles. The Morgan fingerprint density at radius 2 is 1.80 bits per heavy atom. The molecular formula is C7H17NOSi. The fraction of sp³-hybridized carbons (Fsp3) is 0.857. The molecular weight excluding hydrogens is 142 g/mol. The lowest BCUT2D eigenvalue weighted by Gasteiger charge is -2.31. The SMILES string of the molecule is CCN(C(C)=O)[Si](C)(C)C. The molecule has 10 heavy (non-hydrogen) atoms. The number of amides is 1. The Hall–Kier alpha value is -0.313. The molecule has 3 heteroatoms. The zero-order valence-electron chi connectivity index (χ0n) is 7.56. The minimum atomic E-state index is -1.37. The Labute approximate surface area is 64.3 Å². The van der Waals surface area contributed by atoms with Crippen molar-refractivity contribution in [1.82, 2.24) is 4.57 Å². The molecule has 0 heterocycles. The smallest absolute Gasteiger partial charge is 0.211 e. The molecule has 60 valence electrons. The van der Waals surface area contributed by atoms with Gasteiger partial charge in [-0.3, -0.25) is 4.79 Å². The molecule has 1 amide bonds. The van der Waals surface area contributed by atoms with Gasteiger partial charge in [-0.25, -0.2) is 0 Å². The van der Waals surface area contributed by atoms with Gasteiger partial charge in [0, 0.05) is 13.5 Å². The van der Waals surface area contributed by atoms with Crippen molar-refractivity contribution in [2.75, 3.05) is 6.54 Å². The van der Waals surface area contributed by atoms with Crippen LogP contribution in [-0.2, 0) is 4.79 Å². The van der Waals surface area contributed by atoms with Crippen LogP contribution in [-0.4, -0.2) is 25.3 Å². The minimum absolute atomic E-state index is 0.210. The third kappa shape index (κ3) is 2.52. The monoisotopic (exact) mass is 159 g/mol. The van der Waals surface area contributed by atoms with E-state index in [2.05, 4.69) is 19.6 Å². The molecule has 0 saturated carbocycles. The molecule has 0 aliphatic carbocycles. The number of nitrogens with zero attached hydrogens (tertiary/aromatic N) is 1. The van der Waals surface area contributed by atoms with Crippen molar-refractivity contribution < 1.29 is 4.79 Å². The van der Waals surface area contributed by atoms with Crippen molar-refractivity contribution >= 4 is 14.1 Å². The summed E-state index contributed by atoms with van der Waals surface area (Å²) in [6, 6.07) is 0. The highest BCUT2D eigenvalue weighted by atomic mass is 28.3. The average Bonchev–Trinajstić information content (AvgIpc) is 1.60. The van der Waals surface area contributed by atoms with E-state index in [0.29, 0.717) is 0 Å². The van der Waals surface area contributed by atoms with Gasteiger partial charge in [-0.1, -0.05) is 19.6 Å². The molecule has 0 unspecified atom stereocenters. The molecule has 0 rings (SSSR count). The first-order valence-corrected chi connectivity index (χ1v) is 7.12. The summed E-state index contributed by atoms with van der Waals surface area (Å²) < 4.78 is 1.98. The van der Waals surface area contributed by atoms with Gasteiger partial charge in [0.05, 0.1) is 0 Å². The summed E-state index contributed by atoms with van der Waals surface area (Å²) in [7, 11) is -1.37. The van der Waals surface area contributed by atoms with E-state index in [-0.39, 0.29) is 5.91 Å². The summed E-state index contributed by atoms with van der Waals surface area (Å²) in [5, 5.41) is 0. The lowest BCUT2D eigenvalue weighted by molar-refractivity contribution is -0.124. The molecule has 0 aromatic rings. The summed E-state index contributed by atoms with van der Waals surface area (Å²) in [6.07, 6.45) is 0. The highest BCUT2D eigenvalue weighted by Gasteiger charge is 2.23. The fourth-order valence-electron chi connectivity index (χ4n) is 1.17. The summed E-state index contributed by atoms with van der Waals surface area (Å²) in [6.45, 7) is 11.1. The van der Waals surface area contributed by atoms with Crippen LogP contribution in [0.1, 0.15) is 13.8 Å². The first-order chi connectivity index (χ1) is 4.39. The summed E-state index contributed by atoms with van der Waals surface area (Å²) in [5.41, 5.74) is 0. The van der Waals surface area contributed by atoms with Crippen LogP contribution in [0.4, 0.5) is 0 Å². The zero-order valence-corrected chi connectivity index (χ0v) is 8.56. The normalized spacial score (nSPS) is 11.3. The van der Waals surface area contributed by atoms with Crippen molar-refractivity contribution in [2.24, 2.45) is 0 Å². The lowest BCUT2D eigenvalue weighted by atomic mass is 10.6. The Balaban J connectivity index is 4.22. The summed E-state index contributed by atoms with van der Waals surface area (Å²) >= 11 is 0. The van der Waals surface area contributed by atoms with E-state index in [9.17, 15) is 4.79 Å². The molecule has 0 aromatic heterocycles. The van der Waals surface area contributed by atoms with Gasteiger partial charge in [0.25, 0.3) is 0 Å². The Morgan fingerprint density at radius 3 is 1.80 bits per heavy atom. The number of carbonyl (C=O) groups is 1. The molecule has 0 spiro atoms. The van der Waals surface area contributed by atoms with Crippen LogP contribution in [0.2, 0.25) is 19.6 Å². The highest BCUT2D eigenvalue weighted by molar-refractivity contribution is 6.75. The largest absolute Gasteiger partial charge is 0.370 e. The van der Waals surface area contributed by atoms with Gasteiger partial charge in [-0.15, -0.1) is 0 Å². The van der Waals surface area contributed by atoms with E-state index in [4.69, 9.17) is 0 Å². The predicted molar refractivity (Wildman–Crippen MR) is 46.4 cm³/mol. The molecule has 0 saturated heterocycles. The summed E-state index contributed by atoms with van der Waals surface area (Å²) in [4.78, 5) is 11.0. The van der Waals surface area contributed by atoms with Gasteiger partial charge < -0.3 is 4.57 Å². The van der Waals surface area contributed by atoms with Gasteiger partial charge in [0.15, 0.2) is 8.24 Å². The van der Waals surface area contributed by atoms with Crippen molar-refractivity contribution in [3.8, 4) is 0 Å². The number of hydrogen-bond donors (Lipinski definition) is 0. The molecule has 0 aliphatic rings. The van der Waals surface area contributed by atoms with E-state index in [1.54, 1.807) is 6.92 Å². The van der Waals surface area contributed by atoms with Crippen molar-refractivity contribution in [3.63, 3.8) is 0 Å². The second-order valence-corrected chi connectivity index (χ2v) is 8.32. The standard InChI is InChI=1S/C7H17NOSi/c1-6-8(7(2)9)10(3,4)5/h6H2,1-5H3. The van der Waals surface area contributed by atoms with Crippen LogP contribution in [0, 0.1) is 0 Å². The van der Waals surface area contributed by atoms with Crippen LogP contribution in [0.15, 0.2) is 0 Å². The van der Waals surface area contributed by atoms with E-state index < -0.39 is 8.24 Å². The first-order valence-electron chi connectivity index (χ1n) is 3.67. The van der Waals surface area contributed by atoms with Crippen molar-refractivity contribution in [1.29, 1.82) is 0 Å². The molecule has 0 aliphatic heterocycles. The Kier molecular flexibility index (Phi) is 3.09. The van der Waals surface area contributed by atoms with E-state index in [0.717, 1.165) is 6.54 Å². The molecule has 0 radical (unpaired) electrons. The van der Waals surface area contributed by atoms with E-state index >= 15 is 0 Å². The maximum Gasteiger partial charge on any atom is 0.211 e. The lowest BCUT2D eigenvalue weighted by Crippen LogP contribution is -2.48. The second-order valence-electron chi connectivity index (χ2n) is 3.43. The van der Waals surface area contributed by atoms with E-state index in [1.807, 2.05) is 11.5 Å². The number of carbonyl (C=O) groups excluding carboxylic acids is 1. The third-order valence-corrected chi connectivity index (χ3v) is 3.76. The third-order valence-electron chi connectivity index (χ3n) is 1.51.